The number of rotatable bonds is 17. The number of amides is 2. The van der Waals surface area contributed by atoms with Crippen LogP contribution in [0.3, 0.4) is 0 Å². The van der Waals surface area contributed by atoms with Crippen molar-refractivity contribution in [2.75, 3.05) is 46.3 Å². The summed E-state index contributed by atoms with van der Waals surface area (Å²) >= 11 is 0. The summed E-state index contributed by atoms with van der Waals surface area (Å²) in [5.74, 6) is 1.22. The number of methoxy groups -OCH3 is 2. The second-order valence-electron chi connectivity index (χ2n) is 10.2. The van der Waals surface area contributed by atoms with Crippen LogP contribution >= 0.6 is 0 Å². The van der Waals surface area contributed by atoms with Crippen LogP contribution < -0.4 is 24.3 Å². The highest BCUT2D eigenvalue weighted by Crippen LogP contribution is 2.46. The summed E-state index contributed by atoms with van der Waals surface area (Å²) in [4.78, 5) is 16.5. The molecular weight excluding hydrogens is 578 g/mol. The normalized spacial score (nSPS) is 16.5. The van der Waals surface area contributed by atoms with E-state index in [4.69, 9.17) is 23.7 Å². The van der Waals surface area contributed by atoms with E-state index in [2.05, 4.69) is 10.3 Å². The fraction of sp³-hybridized carbons (Fsp3) is 0.600. The summed E-state index contributed by atoms with van der Waals surface area (Å²) in [6, 6.07) is 4.57. The Hall–Kier alpha value is -3.29. The van der Waals surface area contributed by atoms with E-state index in [1.807, 2.05) is 19.9 Å². The van der Waals surface area contributed by atoms with Crippen LogP contribution in [0.25, 0.3) is 0 Å². The molecular formula is C30H45N3O9S. The lowest BCUT2D eigenvalue weighted by atomic mass is 10.0. The lowest BCUT2D eigenvalue weighted by Crippen LogP contribution is -2.40. The summed E-state index contributed by atoms with van der Waals surface area (Å²) < 4.78 is 55.9. The number of benzene rings is 1. The predicted octanol–water partition coefficient (Wildman–Crippen LogP) is 5.24. The van der Waals surface area contributed by atoms with Crippen molar-refractivity contribution in [2.45, 2.75) is 76.4 Å². The quantitative estimate of drug-likeness (QED) is 0.136. The van der Waals surface area contributed by atoms with E-state index in [1.54, 1.807) is 32.4 Å². The summed E-state index contributed by atoms with van der Waals surface area (Å²) in [7, 11) is -0.639. The van der Waals surface area contributed by atoms with Crippen LogP contribution in [-0.4, -0.2) is 76.0 Å². The average molecular weight is 624 g/mol. The predicted molar refractivity (Wildman–Crippen MR) is 160 cm³/mol. The Kier molecular flexibility index (Phi) is 13.1. The molecule has 1 aromatic carbocycles. The number of urea groups is 1. The van der Waals surface area contributed by atoms with Crippen molar-refractivity contribution < 1.29 is 42.1 Å². The molecule has 2 aromatic rings. The van der Waals surface area contributed by atoms with Crippen LogP contribution in [0.15, 0.2) is 29.3 Å². The van der Waals surface area contributed by atoms with Gasteiger partial charge in [-0.15, -0.1) is 0 Å². The first-order valence-electron chi connectivity index (χ1n) is 14.8. The van der Waals surface area contributed by atoms with Gasteiger partial charge in [-0.3, -0.25) is 5.21 Å². The van der Waals surface area contributed by atoms with Crippen LogP contribution in [0.5, 0.6) is 23.1 Å². The Morgan fingerprint density at radius 3 is 2.37 bits per heavy atom. The maximum absolute atomic E-state index is 13.4. The summed E-state index contributed by atoms with van der Waals surface area (Å²) in [5.41, 5.74) is 1.47. The minimum absolute atomic E-state index is 0.0258. The van der Waals surface area contributed by atoms with E-state index in [1.165, 1.54) is 7.11 Å². The minimum Gasteiger partial charge on any atom is -0.491 e. The molecule has 2 N–H and O–H groups in total. The van der Waals surface area contributed by atoms with Crippen LogP contribution in [0.4, 0.5) is 4.79 Å². The van der Waals surface area contributed by atoms with E-state index in [0.717, 1.165) is 12.0 Å². The molecule has 0 radical (unpaired) electrons. The zero-order chi connectivity index (χ0) is 31.4. The molecule has 1 aliphatic heterocycles. The third kappa shape index (κ3) is 9.10. The van der Waals surface area contributed by atoms with Crippen molar-refractivity contribution in [1.82, 2.24) is 15.4 Å². The molecule has 1 aliphatic rings. The Bertz CT molecular complexity index is 1310. The minimum atomic E-state index is -3.70. The first-order valence-corrected chi connectivity index (χ1v) is 16.5. The summed E-state index contributed by atoms with van der Waals surface area (Å²) in [6.45, 7) is 6.33. The van der Waals surface area contributed by atoms with Crippen LogP contribution in [0, 0.1) is 0 Å². The number of sulfone groups is 1. The molecule has 1 fully saturated rings. The van der Waals surface area contributed by atoms with Gasteiger partial charge in [0, 0.05) is 11.8 Å². The molecule has 2 amide bonds. The number of nitrogens with one attached hydrogen (secondary N) is 1. The van der Waals surface area contributed by atoms with Gasteiger partial charge >= 0.3 is 6.03 Å². The van der Waals surface area contributed by atoms with E-state index >= 15 is 0 Å². The largest absolute Gasteiger partial charge is 0.491 e. The maximum Gasteiger partial charge on any atom is 0.341 e. The third-order valence-electron chi connectivity index (χ3n) is 6.91. The zero-order valence-electron chi connectivity index (χ0n) is 25.8. The van der Waals surface area contributed by atoms with Crippen LogP contribution in [0.1, 0.15) is 82.6 Å². The smallest absolute Gasteiger partial charge is 0.341 e. The van der Waals surface area contributed by atoms with Crippen molar-refractivity contribution >= 4 is 15.9 Å². The van der Waals surface area contributed by atoms with Gasteiger partial charge in [0.2, 0.25) is 0 Å². The Morgan fingerprint density at radius 2 is 1.72 bits per heavy atom. The van der Waals surface area contributed by atoms with E-state index < -0.39 is 22.0 Å². The number of hydrogen-bond donors (Lipinski definition) is 2. The van der Waals surface area contributed by atoms with Crippen molar-refractivity contribution in [1.29, 1.82) is 0 Å². The zero-order valence-corrected chi connectivity index (χ0v) is 26.6. The number of unbranched alkanes of at least 4 members (excludes halogenated alkanes) is 1. The molecule has 1 saturated heterocycles. The van der Waals surface area contributed by atoms with E-state index in [9.17, 15) is 18.4 Å². The molecule has 0 bridgehead atoms. The van der Waals surface area contributed by atoms with Crippen LogP contribution in [-0.2, 0) is 14.6 Å². The second kappa shape index (κ2) is 16.5. The molecule has 2 atom stereocenters. The van der Waals surface area contributed by atoms with Crippen molar-refractivity contribution in [2.24, 2.45) is 0 Å². The Balaban J connectivity index is 1.88. The van der Waals surface area contributed by atoms with Gasteiger partial charge in [0.1, 0.15) is 11.5 Å². The maximum atomic E-state index is 13.4. The van der Waals surface area contributed by atoms with Crippen molar-refractivity contribution in [3.8, 4) is 23.1 Å². The summed E-state index contributed by atoms with van der Waals surface area (Å²) in [5, 5.41) is 13.1. The number of ether oxygens (including phenoxy) is 5. The SMILES string of the molecule is CCCCN(O)C(=O)NCCOc1cc([C@H]2CC[C@H](c3cnc(OC)c(OC)c3)O2)cc(S(=O)(=O)CCC)c1OCCC. The number of nitrogens with zero attached hydrogens (tertiary/aromatic N) is 2. The standard InChI is InChI=1S/C30H45N3O9S/c1-6-9-13-33(35)30(34)31-12-15-40-25-17-21(19-27(28(25)41-14-7-2)43(36,37)16-8-3)23-10-11-24(42-23)22-18-26(38-4)29(39-5)32-20-22/h17-20,23-24,35H,6-16H2,1-5H3,(H,31,34)/t23-,24-/m1/s1. The highest BCUT2D eigenvalue weighted by molar-refractivity contribution is 7.91. The van der Waals surface area contributed by atoms with Gasteiger partial charge in [-0.25, -0.2) is 23.3 Å². The van der Waals surface area contributed by atoms with Crippen molar-refractivity contribution in [3.63, 3.8) is 0 Å². The van der Waals surface area contributed by atoms with Gasteiger partial charge in [-0.05, 0) is 55.9 Å². The molecule has 0 saturated carbocycles. The first kappa shape index (κ1) is 34.2. The first-order chi connectivity index (χ1) is 20.7. The molecule has 3 rings (SSSR count). The van der Waals surface area contributed by atoms with E-state index in [-0.39, 0.29) is 47.9 Å². The molecule has 0 aliphatic carbocycles. The molecule has 43 heavy (non-hydrogen) atoms. The molecule has 240 valence electrons. The Morgan fingerprint density at radius 1 is 1.00 bits per heavy atom. The molecule has 2 heterocycles. The number of carbonyl (C=O) groups is 1. The van der Waals surface area contributed by atoms with Gasteiger partial charge in [0.15, 0.2) is 27.1 Å². The van der Waals surface area contributed by atoms with Crippen LogP contribution in [0.2, 0.25) is 0 Å². The highest BCUT2D eigenvalue weighted by Gasteiger charge is 2.32. The molecule has 13 heteroatoms. The second-order valence-corrected chi connectivity index (χ2v) is 12.3. The lowest BCUT2D eigenvalue weighted by molar-refractivity contribution is -0.0439. The van der Waals surface area contributed by atoms with E-state index in [0.29, 0.717) is 61.0 Å². The fourth-order valence-electron chi connectivity index (χ4n) is 4.72. The highest BCUT2D eigenvalue weighted by atomic mass is 32.2. The molecule has 1 aromatic heterocycles. The Labute approximate surface area is 254 Å². The topological polar surface area (TPSA) is 146 Å². The summed E-state index contributed by atoms with van der Waals surface area (Å²) in [6.07, 6.45) is 4.94. The monoisotopic (exact) mass is 623 g/mol. The fourth-order valence-corrected chi connectivity index (χ4v) is 6.23. The average Bonchev–Trinajstić information content (AvgIpc) is 3.50. The van der Waals surface area contributed by atoms with Gasteiger partial charge in [-0.1, -0.05) is 27.2 Å². The van der Waals surface area contributed by atoms with Gasteiger partial charge in [-0.2, -0.15) is 0 Å². The third-order valence-corrected chi connectivity index (χ3v) is 8.83. The number of hydrogen-bond acceptors (Lipinski definition) is 10. The number of carbonyl (C=O) groups excluding carboxylic acids is 1. The number of hydroxylamine groups is 2. The number of pyridine rings is 1. The number of aromatic nitrogens is 1. The van der Waals surface area contributed by atoms with Gasteiger partial charge in [0.25, 0.3) is 5.88 Å². The molecule has 12 nitrogen and oxygen atoms in total. The molecule has 0 unspecified atom stereocenters. The van der Waals surface area contributed by atoms with Gasteiger partial charge in [0.05, 0.1) is 51.9 Å². The van der Waals surface area contributed by atoms with Crippen molar-refractivity contribution in [3.05, 3.63) is 35.5 Å². The van der Waals surface area contributed by atoms with Gasteiger partial charge < -0.3 is 29.0 Å². The lowest BCUT2D eigenvalue weighted by Gasteiger charge is -2.21. The molecule has 0 spiro atoms.